The fraction of sp³-hybridized carbons (Fsp3) is 0.538. The number of halogens is 5. The van der Waals surface area contributed by atoms with Gasteiger partial charge in [-0.05, 0) is 25.1 Å². The maximum Gasteiger partial charge on any atom is 0.417 e. The van der Waals surface area contributed by atoms with Crippen LogP contribution in [0.25, 0.3) is 0 Å². The number of anilines is 1. The van der Waals surface area contributed by atoms with Crippen molar-refractivity contribution in [2.75, 3.05) is 26.1 Å². The Labute approximate surface area is 218 Å². The highest BCUT2D eigenvalue weighted by molar-refractivity contribution is 5.95. The van der Waals surface area contributed by atoms with Gasteiger partial charge in [0, 0.05) is 30.6 Å². The van der Waals surface area contributed by atoms with Crippen LogP contribution in [0.3, 0.4) is 0 Å². The van der Waals surface area contributed by atoms with E-state index >= 15 is 0 Å². The molecule has 1 aliphatic heterocycles. The Bertz CT molecular complexity index is 1130. The minimum Gasteiger partial charge on any atom is -0.493 e. The second-order valence-electron chi connectivity index (χ2n) is 9.73. The Hall–Kier alpha value is -2.83. The van der Waals surface area contributed by atoms with Crippen molar-refractivity contribution in [1.82, 2.24) is 10.3 Å². The van der Waals surface area contributed by atoms with Crippen molar-refractivity contribution in [2.24, 2.45) is 5.92 Å². The smallest absolute Gasteiger partial charge is 0.417 e. The van der Waals surface area contributed by atoms with Crippen LogP contribution in [0.15, 0.2) is 30.5 Å². The summed E-state index contributed by atoms with van der Waals surface area (Å²) in [6.45, 7) is 6.36. The van der Waals surface area contributed by atoms with Crippen LogP contribution < -0.4 is 15.4 Å². The van der Waals surface area contributed by atoms with Crippen molar-refractivity contribution >= 4 is 11.6 Å². The van der Waals surface area contributed by atoms with Crippen molar-refractivity contribution in [3.05, 3.63) is 53.4 Å². The zero-order chi connectivity index (χ0) is 28.4. The number of ether oxygens (including phenoxy) is 3. The molecule has 5 atom stereocenters. The molecule has 2 N–H and O–H groups in total. The lowest BCUT2D eigenvalue weighted by molar-refractivity contribution is -0.272. The number of benzene rings is 1. The summed E-state index contributed by atoms with van der Waals surface area (Å²) in [6.07, 6.45) is -5.18. The van der Waals surface area contributed by atoms with Crippen LogP contribution in [0.5, 0.6) is 5.75 Å². The minimum absolute atomic E-state index is 0.109. The quantitative estimate of drug-likeness (QED) is 0.425. The molecule has 2 heterocycles. The van der Waals surface area contributed by atoms with Gasteiger partial charge in [-0.25, -0.2) is 4.39 Å². The van der Waals surface area contributed by atoms with Crippen LogP contribution in [0.2, 0.25) is 0 Å². The van der Waals surface area contributed by atoms with Gasteiger partial charge in [0.05, 0.1) is 37.3 Å². The van der Waals surface area contributed by atoms with Crippen LogP contribution in [0, 0.1) is 17.6 Å². The molecule has 0 saturated carbocycles. The SMILES string of the molecule is COC[C@@H](NC(C)C)c1ccc(NC(=O)[C@@H]2O[C@@](C)(C(F)(F)F)[C@@H](C)[C@H]2c2ccc(F)c(F)c2OC)cn1. The number of carbonyl (C=O) groups is 1. The topological polar surface area (TPSA) is 81.7 Å². The van der Waals surface area contributed by atoms with Crippen molar-refractivity contribution in [3.63, 3.8) is 0 Å². The maximum atomic E-state index is 14.5. The van der Waals surface area contributed by atoms with Gasteiger partial charge in [-0.3, -0.25) is 9.78 Å². The number of carbonyl (C=O) groups excluding carboxylic acids is 1. The van der Waals surface area contributed by atoms with Crippen molar-refractivity contribution in [3.8, 4) is 5.75 Å². The maximum absolute atomic E-state index is 14.5. The molecule has 1 aliphatic rings. The summed E-state index contributed by atoms with van der Waals surface area (Å²) in [5.41, 5.74) is -2.00. The molecule has 3 rings (SSSR count). The molecule has 1 saturated heterocycles. The van der Waals surface area contributed by atoms with E-state index < -0.39 is 53.0 Å². The Kier molecular flexibility index (Phi) is 9.00. The Morgan fingerprint density at radius 1 is 1.18 bits per heavy atom. The minimum atomic E-state index is -4.85. The molecule has 1 aromatic carbocycles. The van der Waals surface area contributed by atoms with Gasteiger partial charge < -0.3 is 24.8 Å². The summed E-state index contributed by atoms with van der Waals surface area (Å²) in [4.78, 5) is 17.7. The second kappa shape index (κ2) is 11.5. The van der Waals surface area contributed by atoms with Gasteiger partial charge >= 0.3 is 6.18 Å². The summed E-state index contributed by atoms with van der Waals surface area (Å²) in [6, 6.07) is 5.02. The zero-order valence-electron chi connectivity index (χ0n) is 22.0. The molecular weight excluding hydrogens is 513 g/mol. The lowest BCUT2D eigenvalue weighted by Gasteiger charge is -2.32. The van der Waals surface area contributed by atoms with Gasteiger partial charge in [-0.1, -0.05) is 26.8 Å². The Morgan fingerprint density at radius 2 is 1.87 bits per heavy atom. The molecular formula is C26H32F5N3O4. The van der Waals surface area contributed by atoms with E-state index in [2.05, 4.69) is 15.6 Å². The molecule has 38 heavy (non-hydrogen) atoms. The van der Waals surface area contributed by atoms with E-state index in [-0.39, 0.29) is 23.3 Å². The first-order chi connectivity index (χ1) is 17.7. The number of amides is 1. The summed E-state index contributed by atoms with van der Waals surface area (Å²) in [7, 11) is 2.62. The number of methoxy groups -OCH3 is 2. The van der Waals surface area contributed by atoms with E-state index in [1.807, 2.05) is 13.8 Å². The number of nitrogens with zero attached hydrogens (tertiary/aromatic N) is 1. The molecule has 12 heteroatoms. The number of nitrogens with one attached hydrogen (secondary N) is 2. The van der Waals surface area contributed by atoms with Gasteiger partial charge in [-0.15, -0.1) is 0 Å². The molecule has 0 spiro atoms. The van der Waals surface area contributed by atoms with Crippen molar-refractivity contribution in [2.45, 2.75) is 63.6 Å². The lowest BCUT2D eigenvalue weighted by Crippen LogP contribution is -2.47. The van der Waals surface area contributed by atoms with Crippen LogP contribution >= 0.6 is 0 Å². The third-order valence-electron chi connectivity index (χ3n) is 6.85. The average molecular weight is 546 g/mol. The van der Waals surface area contributed by atoms with E-state index in [4.69, 9.17) is 14.2 Å². The van der Waals surface area contributed by atoms with Gasteiger partial charge in [0.15, 0.2) is 17.2 Å². The standard InChI is InChI=1S/C26H32F5N3O4/c1-13(2)33-19(12-36-5)18-10-7-15(11-32-18)34-24(35)23-20(14(3)25(4,38-23)26(29,30)31)16-8-9-17(27)21(28)22(16)37-6/h7-11,13-14,19-20,23,33H,12H2,1-6H3,(H,34,35)/t14-,19+,20-,23+,25+/m0/s1. The fourth-order valence-corrected chi connectivity index (χ4v) is 4.73. The van der Waals surface area contributed by atoms with Gasteiger partial charge in [0.25, 0.3) is 5.91 Å². The highest BCUT2D eigenvalue weighted by Crippen LogP contribution is 2.55. The van der Waals surface area contributed by atoms with E-state index in [1.54, 1.807) is 19.2 Å². The van der Waals surface area contributed by atoms with E-state index in [1.165, 1.54) is 13.1 Å². The predicted octanol–water partition coefficient (Wildman–Crippen LogP) is 5.13. The molecule has 0 aliphatic carbocycles. The first-order valence-corrected chi connectivity index (χ1v) is 12.0. The summed E-state index contributed by atoms with van der Waals surface area (Å²) in [5.74, 6) is -6.74. The summed E-state index contributed by atoms with van der Waals surface area (Å²) >= 11 is 0. The van der Waals surface area contributed by atoms with E-state index in [9.17, 15) is 26.7 Å². The van der Waals surface area contributed by atoms with Crippen molar-refractivity contribution < 1.29 is 41.0 Å². The highest BCUT2D eigenvalue weighted by Gasteiger charge is 2.65. The summed E-state index contributed by atoms with van der Waals surface area (Å²) in [5, 5.41) is 5.84. The third kappa shape index (κ3) is 5.76. The normalized spacial score (nSPS) is 24.5. The first kappa shape index (κ1) is 29.7. The number of pyridine rings is 1. The van der Waals surface area contributed by atoms with Crippen LogP contribution in [-0.2, 0) is 14.3 Å². The lowest BCUT2D eigenvalue weighted by atomic mass is 9.77. The number of hydrogen-bond donors (Lipinski definition) is 2. The Morgan fingerprint density at radius 3 is 2.39 bits per heavy atom. The number of rotatable bonds is 9. The zero-order valence-corrected chi connectivity index (χ0v) is 22.0. The average Bonchev–Trinajstić information content (AvgIpc) is 3.12. The first-order valence-electron chi connectivity index (χ1n) is 12.0. The third-order valence-corrected chi connectivity index (χ3v) is 6.85. The van der Waals surface area contributed by atoms with Gasteiger partial charge in [0.1, 0.15) is 6.10 Å². The van der Waals surface area contributed by atoms with Crippen LogP contribution in [0.4, 0.5) is 27.6 Å². The number of hydrogen-bond acceptors (Lipinski definition) is 6. The molecule has 210 valence electrons. The Balaban J connectivity index is 1.95. The largest absolute Gasteiger partial charge is 0.493 e. The van der Waals surface area contributed by atoms with Gasteiger partial charge in [0.2, 0.25) is 5.82 Å². The molecule has 2 aromatic rings. The predicted molar refractivity (Wildman–Crippen MR) is 130 cm³/mol. The molecule has 0 bridgehead atoms. The van der Waals surface area contributed by atoms with Crippen molar-refractivity contribution in [1.29, 1.82) is 0 Å². The van der Waals surface area contributed by atoms with Gasteiger partial charge in [-0.2, -0.15) is 17.6 Å². The molecule has 1 amide bonds. The molecule has 1 fully saturated rings. The summed E-state index contributed by atoms with van der Waals surface area (Å²) < 4.78 is 86.2. The molecule has 0 unspecified atom stereocenters. The number of aromatic nitrogens is 1. The monoisotopic (exact) mass is 545 g/mol. The van der Waals surface area contributed by atoms with Crippen LogP contribution in [-0.4, -0.2) is 55.6 Å². The highest BCUT2D eigenvalue weighted by atomic mass is 19.4. The van der Waals surface area contributed by atoms with E-state index in [0.717, 1.165) is 26.2 Å². The molecule has 0 radical (unpaired) electrons. The number of alkyl halides is 3. The van der Waals surface area contributed by atoms with E-state index in [0.29, 0.717) is 12.3 Å². The second-order valence-corrected chi connectivity index (χ2v) is 9.73. The molecule has 7 nitrogen and oxygen atoms in total. The van der Waals surface area contributed by atoms with Crippen LogP contribution in [0.1, 0.15) is 50.9 Å². The fourth-order valence-electron chi connectivity index (χ4n) is 4.73. The molecule has 1 aromatic heterocycles.